The summed E-state index contributed by atoms with van der Waals surface area (Å²) in [6.07, 6.45) is -3.38. The summed E-state index contributed by atoms with van der Waals surface area (Å²) in [4.78, 5) is 25.5. The number of aliphatic imine (C=N–C) groups is 1. The third-order valence-electron chi connectivity index (χ3n) is 5.15. The Labute approximate surface area is 190 Å². The van der Waals surface area contributed by atoms with E-state index in [-0.39, 0.29) is 6.42 Å². The van der Waals surface area contributed by atoms with Gasteiger partial charge in [-0.3, -0.25) is 14.8 Å². The van der Waals surface area contributed by atoms with E-state index in [4.69, 9.17) is 0 Å². The van der Waals surface area contributed by atoms with Crippen LogP contribution in [0.25, 0.3) is 10.8 Å². The van der Waals surface area contributed by atoms with Crippen molar-refractivity contribution < 1.29 is 18.0 Å². The van der Waals surface area contributed by atoms with E-state index in [1.165, 1.54) is 0 Å². The number of halogens is 3. The Morgan fingerprint density at radius 1 is 1.18 bits per heavy atom. The van der Waals surface area contributed by atoms with Crippen LogP contribution in [0.1, 0.15) is 28.9 Å². The number of thiol groups is 1. The first-order chi connectivity index (χ1) is 15.8. The molecule has 2 aromatic carbocycles. The van der Waals surface area contributed by atoms with Gasteiger partial charge in [0.05, 0.1) is 5.04 Å². The highest BCUT2D eigenvalue weighted by Gasteiger charge is 2.29. The molecular formula is C23H21F3N5OS+. The van der Waals surface area contributed by atoms with Gasteiger partial charge in [0.25, 0.3) is 0 Å². The second-order valence-corrected chi connectivity index (χ2v) is 9.87. The normalized spacial score (nSPS) is 16.8. The smallest absolute Gasteiger partial charge is 0.284 e. The van der Waals surface area contributed by atoms with Crippen LogP contribution >= 0.6 is 10.9 Å². The highest BCUT2D eigenvalue weighted by Crippen LogP contribution is 2.43. The first-order valence-corrected chi connectivity index (χ1v) is 11.8. The molecule has 0 saturated carbocycles. The van der Waals surface area contributed by atoms with Gasteiger partial charge in [-0.15, -0.1) is 0 Å². The molecule has 4 rings (SSSR count). The molecule has 10 heteroatoms. The molecule has 0 bridgehead atoms. The zero-order valence-electron chi connectivity index (χ0n) is 17.8. The molecule has 1 unspecified atom stereocenters. The molecule has 0 saturated heterocycles. The molecule has 1 atom stereocenters. The number of amides is 1. The number of hydrogen-bond acceptors (Lipinski definition) is 4. The summed E-state index contributed by atoms with van der Waals surface area (Å²) in [6, 6.07) is 14.2. The van der Waals surface area contributed by atoms with Crippen molar-refractivity contribution in [1.82, 2.24) is 9.90 Å². The first-order valence-electron chi connectivity index (χ1n) is 10.3. The number of carbonyl (C=O) groups excluding carboxylic acids is 1. The molecule has 0 aliphatic carbocycles. The summed E-state index contributed by atoms with van der Waals surface area (Å²) in [6.45, 7) is 2.42. The van der Waals surface area contributed by atoms with E-state index in [9.17, 15) is 18.0 Å². The summed E-state index contributed by atoms with van der Waals surface area (Å²) < 4.78 is 37.7. The zero-order chi connectivity index (χ0) is 23.4. The van der Waals surface area contributed by atoms with Gasteiger partial charge >= 0.3 is 12.1 Å². The third kappa shape index (κ3) is 5.71. The average molecular weight is 473 g/mol. The van der Waals surface area contributed by atoms with Gasteiger partial charge in [-0.1, -0.05) is 12.1 Å². The summed E-state index contributed by atoms with van der Waals surface area (Å²) in [7, 11) is -0.888. The molecule has 0 fully saturated rings. The maximum absolute atomic E-state index is 12.6. The number of rotatable bonds is 5. The molecule has 1 aromatic heterocycles. The minimum Gasteiger partial charge on any atom is -0.284 e. The largest absolute Gasteiger partial charge is 0.389 e. The number of benzene rings is 2. The lowest BCUT2D eigenvalue weighted by Gasteiger charge is -2.18. The Balaban J connectivity index is 1.46. The van der Waals surface area contributed by atoms with E-state index in [2.05, 4.69) is 25.1 Å². The van der Waals surface area contributed by atoms with Crippen LogP contribution in [-0.4, -0.2) is 34.4 Å². The van der Waals surface area contributed by atoms with Crippen LogP contribution in [0, 0.1) is 6.92 Å². The van der Waals surface area contributed by atoms with Gasteiger partial charge in [0.15, 0.2) is 10.8 Å². The van der Waals surface area contributed by atoms with Crippen molar-refractivity contribution in [2.24, 2.45) is 15.2 Å². The number of alkyl halides is 3. The molecule has 6 nitrogen and oxygen atoms in total. The van der Waals surface area contributed by atoms with Crippen molar-refractivity contribution >= 4 is 38.3 Å². The lowest BCUT2D eigenvalue weighted by Crippen LogP contribution is -2.10. The Morgan fingerprint density at radius 2 is 1.97 bits per heavy atom. The van der Waals surface area contributed by atoms with Crippen LogP contribution in [0.15, 0.2) is 74.8 Å². The molecule has 0 N–H and O–H groups in total. The van der Waals surface area contributed by atoms with Gasteiger partial charge in [-0.2, -0.15) is 24.1 Å². The monoisotopic (exact) mass is 472 g/mol. The Hall–Kier alpha value is -3.36. The van der Waals surface area contributed by atoms with Crippen molar-refractivity contribution in [3.8, 4) is 0 Å². The Bertz CT molecular complexity index is 1280. The van der Waals surface area contributed by atoms with E-state index in [0.717, 1.165) is 27.1 Å². The molecule has 1 aliphatic rings. The summed E-state index contributed by atoms with van der Waals surface area (Å²) in [5, 5.41) is 10.2. The van der Waals surface area contributed by atoms with Gasteiger partial charge in [0.1, 0.15) is 0 Å². The van der Waals surface area contributed by atoms with Crippen LogP contribution in [0.2, 0.25) is 0 Å². The molecule has 1 aliphatic heterocycles. The molecule has 33 heavy (non-hydrogen) atoms. The van der Waals surface area contributed by atoms with Gasteiger partial charge in [-0.25, -0.2) is 0 Å². The molecule has 1 amide bonds. The third-order valence-corrected chi connectivity index (χ3v) is 7.71. The van der Waals surface area contributed by atoms with E-state index in [1.807, 2.05) is 25.1 Å². The molecule has 2 heterocycles. The molecular weight excluding hydrogens is 451 g/mol. The maximum Gasteiger partial charge on any atom is 0.389 e. The Morgan fingerprint density at radius 3 is 2.73 bits per heavy atom. The fourth-order valence-corrected chi connectivity index (χ4v) is 5.81. The van der Waals surface area contributed by atoms with E-state index < -0.39 is 29.4 Å². The number of aryl methyl sites for hydroxylation is 1. The standard InChI is InChI=1S/C23H21F3N5OS/c1-15-13-19-17(14-28-15)3-2-4-20(19)29-31-30-22(32)16-5-7-18(8-6-16)33-12-11-27-21(33)9-10-23(24,25)26/h2-8,13-14,33H,9-12H2,1H3/q+1. The number of nitrogens with zero attached hydrogens (tertiary/aromatic N) is 5. The predicted octanol–water partition coefficient (Wildman–Crippen LogP) is 6.10. The van der Waals surface area contributed by atoms with Crippen molar-refractivity contribution in [1.29, 1.82) is 0 Å². The molecule has 0 spiro atoms. The number of aromatic nitrogens is 1. The van der Waals surface area contributed by atoms with Crippen LogP contribution in [-0.2, 0) is 0 Å². The van der Waals surface area contributed by atoms with Crippen molar-refractivity contribution in [3.63, 3.8) is 0 Å². The minimum absolute atomic E-state index is 0.0740. The number of pyridine rings is 1. The second-order valence-electron chi connectivity index (χ2n) is 7.53. The quantitative estimate of drug-likeness (QED) is 0.276. The highest BCUT2D eigenvalue weighted by molar-refractivity contribution is 8.30. The lowest BCUT2D eigenvalue weighted by molar-refractivity contribution is -0.132. The topological polar surface area (TPSA) is 81.1 Å². The van der Waals surface area contributed by atoms with Crippen molar-refractivity contribution in [2.75, 3.05) is 12.3 Å². The van der Waals surface area contributed by atoms with Gasteiger partial charge < -0.3 is 0 Å². The van der Waals surface area contributed by atoms with E-state index in [1.54, 1.807) is 36.5 Å². The maximum atomic E-state index is 12.6. The fraction of sp³-hybridized carbons (Fsp3) is 0.261. The van der Waals surface area contributed by atoms with Crippen LogP contribution in [0.4, 0.5) is 18.9 Å². The van der Waals surface area contributed by atoms with E-state index >= 15 is 0 Å². The lowest BCUT2D eigenvalue weighted by atomic mass is 10.1. The van der Waals surface area contributed by atoms with Gasteiger partial charge in [-0.05, 0) is 48.2 Å². The Kier molecular flexibility index (Phi) is 6.67. The van der Waals surface area contributed by atoms with E-state index in [0.29, 0.717) is 22.8 Å². The van der Waals surface area contributed by atoms with Gasteiger partial charge in [0.2, 0.25) is 10.0 Å². The van der Waals surface area contributed by atoms with Crippen LogP contribution in [0.3, 0.4) is 0 Å². The first kappa shape index (κ1) is 22.8. The minimum atomic E-state index is -4.19. The number of hydrogen-bond donors (Lipinski definition) is 1. The summed E-state index contributed by atoms with van der Waals surface area (Å²) in [5.41, 5.74) is 1.76. The van der Waals surface area contributed by atoms with Gasteiger partial charge in [0, 0.05) is 53.4 Å². The molecule has 170 valence electrons. The zero-order valence-corrected chi connectivity index (χ0v) is 18.6. The van der Waals surface area contributed by atoms with Crippen molar-refractivity contribution in [3.05, 3.63) is 66.0 Å². The SMILES string of the molecule is Cc1cc2c(N=[N+]=NC(=O)c3ccc([SH]4CCN=C4CCC(F)(F)F)cc3)cccc2cn1. The average Bonchev–Trinajstić information content (AvgIpc) is 3.26. The summed E-state index contributed by atoms with van der Waals surface area (Å²) in [5.74, 6) is 0.183. The second kappa shape index (κ2) is 9.64. The molecule has 0 radical (unpaired) electrons. The number of carbonyl (C=O) groups is 1. The molecule has 3 aromatic rings. The fourth-order valence-electron chi connectivity index (χ4n) is 3.54. The predicted molar refractivity (Wildman–Crippen MR) is 124 cm³/mol. The van der Waals surface area contributed by atoms with Crippen molar-refractivity contribution in [2.45, 2.75) is 30.8 Å². The number of fused-ring (bicyclic) bond motifs is 1. The van der Waals surface area contributed by atoms with Crippen LogP contribution < -0.4 is 4.91 Å². The summed E-state index contributed by atoms with van der Waals surface area (Å²) >= 11 is 0. The van der Waals surface area contributed by atoms with Crippen LogP contribution in [0.5, 0.6) is 0 Å². The highest BCUT2D eigenvalue weighted by atomic mass is 32.2.